The van der Waals surface area contributed by atoms with Gasteiger partial charge in [-0.3, -0.25) is 4.79 Å². The summed E-state index contributed by atoms with van der Waals surface area (Å²) in [5.74, 6) is 2.21. The molecule has 2 fully saturated rings. The minimum Gasteiger partial charge on any atom is -0.342 e. The number of likely N-dealkylation sites (tertiary alicyclic amines) is 1. The van der Waals surface area contributed by atoms with Gasteiger partial charge in [0.15, 0.2) is 0 Å². The van der Waals surface area contributed by atoms with Crippen LogP contribution in [0.1, 0.15) is 26.2 Å². The molecule has 3 heteroatoms. The average Bonchev–Trinajstić information content (AvgIpc) is 2.96. The number of carbonyl (C=O) groups is 1. The predicted octanol–water partition coefficient (Wildman–Crippen LogP) is 1.10. The van der Waals surface area contributed by atoms with Crippen LogP contribution in [0.15, 0.2) is 0 Å². The molecule has 1 saturated carbocycles. The van der Waals surface area contributed by atoms with Crippen molar-refractivity contribution in [1.82, 2.24) is 10.2 Å². The zero-order valence-corrected chi connectivity index (χ0v) is 9.83. The lowest BCUT2D eigenvalue weighted by Gasteiger charge is -2.32. The Morgan fingerprint density at radius 1 is 1.40 bits per heavy atom. The van der Waals surface area contributed by atoms with Crippen LogP contribution in [-0.4, -0.2) is 37.5 Å². The Kier molecular flexibility index (Phi) is 3.29. The quantitative estimate of drug-likeness (QED) is 0.756. The number of piperidine rings is 1. The second-order valence-corrected chi connectivity index (χ2v) is 5.15. The summed E-state index contributed by atoms with van der Waals surface area (Å²) in [5, 5.41) is 3.22. The Labute approximate surface area is 92.2 Å². The largest absolute Gasteiger partial charge is 0.342 e. The minimum absolute atomic E-state index is 0.367. The van der Waals surface area contributed by atoms with E-state index in [-0.39, 0.29) is 0 Å². The number of hydrogen-bond acceptors (Lipinski definition) is 2. The maximum absolute atomic E-state index is 11.9. The van der Waals surface area contributed by atoms with Crippen molar-refractivity contribution in [3.8, 4) is 0 Å². The van der Waals surface area contributed by atoms with Gasteiger partial charge in [-0.1, -0.05) is 6.92 Å². The molecule has 2 aliphatic rings. The Hall–Kier alpha value is -0.570. The molecule has 0 aromatic rings. The molecule has 0 spiro atoms. The topological polar surface area (TPSA) is 32.3 Å². The first kappa shape index (κ1) is 10.9. The first-order chi connectivity index (χ1) is 7.22. The second kappa shape index (κ2) is 4.52. The third-order valence-corrected chi connectivity index (χ3v) is 3.85. The van der Waals surface area contributed by atoms with Crippen LogP contribution < -0.4 is 5.32 Å². The highest BCUT2D eigenvalue weighted by Crippen LogP contribution is 2.39. The van der Waals surface area contributed by atoms with Crippen molar-refractivity contribution in [1.29, 1.82) is 0 Å². The van der Waals surface area contributed by atoms with Crippen LogP contribution in [0, 0.1) is 17.8 Å². The van der Waals surface area contributed by atoms with Gasteiger partial charge in [0.1, 0.15) is 0 Å². The van der Waals surface area contributed by atoms with Gasteiger partial charge in [0.05, 0.1) is 0 Å². The van der Waals surface area contributed by atoms with Crippen molar-refractivity contribution in [3.63, 3.8) is 0 Å². The summed E-state index contributed by atoms with van der Waals surface area (Å²) < 4.78 is 0. The molecular formula is C12H22N2O. The van der Waals surface area contributed by atoms with Crippen LogP contribution in [0.4, 0.5) is 0 Å². The Balaban J connectivity index is 1.75. The third-order valence-electron chi connectivity index (χ3n) is 3.85. The van der Waals surface area contributed by atoms with Gasteiger partial charge < -0.3 is 10.2 Å². The molecule has 1 aliphatic carbocycles. The molecule has 1 aliphatic heterocycles. The van der Waals surface area contributed by atoms with E-state index >= 15 is 0 Å². The molecule has 86 valence electrons. The van der Waals surface area contributed by atoms with Crippen molar-refractivity contribution in [2.45, 2.75) is 26.2 Å². The number of carbonyl (C=O) groups excluding carboxylic acids is 1. The summed E-state index contributed by atoms with van der Waals surface area (Å²) in [6, 6.07) is 0. The van der Waals surface area contributed by atoms with Gasteiger partial charge in [-0.05, 0) is 44.7 Å². The van der Waals surface area contributed by atoms with E-state index in [1.807, 2.05) is 7.05 Å². The van der Waals surface area contributed by atoms with Gasteiger partial charge in [-0.2, -0.15) is 0 Å². The number of nitrogens with one attached hydrogen (secondary N) is 1. The lowest BCUT2D eigenvalue weighted by atomic mass is 9.96. The zero-order valence-electron chi connectivity index (χ0n) is 9.83. The van der Waals surface area contributed by atoms with E-state index in [9.17, 15) is 4.79 Å². The van der Waals surface area contributed by atoms with E-state index in [4.69, 9.17) is 0 Å². The maximum Gasteiger partial charge on any atom is 0.225 e. The van der Waals surface area contributed by atoms with Crippen LogP contribution in [-0.2, 0) is 4.79 Å². The van der Waals surface area contributed by atoms with Gasteiger partial charge in [0.25, 0.3) is 0 Å². The Morgan fingerprint density at radius 2 is 2.00 bits per heavy atom. The number of amides is 1. The molecule has 1 amide bonds. The van der Waals surface area contributed by atoms with E-state index in [0.29, 0.717) is 17.7 Å². The number of hydrogen-bond donors (Lipinski definition) is 1. The van der Waals surface area contributed by atoms with Gasteiger partial charge in [0.2, 0.25) is 5.91 Å². The SMILES string of the molecule is CNCC1CCN(C(=O)C2CC2C)CC1. The van der Waals surface area contributed by atoms with Gasteiger partial charge in [-0.25, -0.2) is 0 Å². The fourth-order valence-corrected chi connectivity index (χ4v) is 2.55. The maximum atomic E-state index is 11.9. The van der Waals surface area contributed by atoms with Crippen molar-refractivity contribution < 1.29 is 4.79 Å². The highest BCUT2D eigenvalue weighted by atomic mass is 16.2. The molecule has 2 atom stereocenters. The van der Waals surface area contributed by atoms with E-state index in [1.54, 1.807) is 0 Å². The molecule has 3 nitrogen and oxygen atoms in total. The zero-order chi connectivity index (χ0) is 10.8. The van der Waals surface area contributed by atoms with Crippen LogP contribution >= 0.6 is 0 Å². The van der Waals surface area contributed by atoms with Crippen molar-refractivity contribution in [2.24, 2.45) is 17.8 Å². The summed E-state index contributed by atoms with van der Waals surface area (Å²) in [7, 11) is 2.00. The van der Waals surface area contributed by atoms with Crippen molar-refractivity contribution >= 4 is 5.91 Å². The minimum atomic E-state index is 0.367. The van der Waals surface area contributed by atoms with Crippen LogP contribution in [0.25, 0.3) is 0 Å². The monoisotopic (exact) mass is 210 g/mol. The van der Waals surface area contributed by atoms with Crippen LogP contribution in [0.2, 0.25) is 0 Å². The van der Waals surface area contributed by atoms with Gasteiger partial charge >= 0.3 is 0 Å². The van der Waals surface area contributed by atoms with E-state index < -0.39 is 0 Å². The molecule has 0 radical (unpaired) electrons. The lowest BCUT2D eigenvalue weighted by molar-refractivity contribution is -0.134. The number of nitrogens with zero attached hydrogens (tertiary/aromatic N) is 1. The summed E-state index contributed by atoms with van der Waals surface area (Å²) in [6.45, 7) is 5.24. The molecule has 1 saturated heterocycles. The van der Waals surface area contributed by atoms with E-state index in [1.165, 1.54) is 12.8 Å². The smallest absolute Gasteiger partial charge is 0.225 e. The molecule has 2 unspecified atom stereocenters. The summed E-state index contributed by atoms with van der Waals surface area (Å²) in [4.78, 5) is 14.0. The van der Waals surface area contributed by atoms with Gasteiger partial charge in [0, 0.05) is 19.0 Å². The summed E-state index contributed by atoms with van der Waals surface area (Å²) in [5.41, 5.74) is 0. The molecule has 0 aromatic heterocycles. The molecule has 1 N–H and O–H groups in total. The lowest BCUT2D eigenvalue weighted by Crippen LogP contribution is -2.41. The molecule has 0 aromatic carbocycles. The molecule has 1 heterocycles. The fourth-order valence-electron chi connectivity index (χ4n) is 2.55. The highest BCUT2D eigenvalue weighted by molar-refractivity contribution is 5.81. The first-order valence-corrected chi connectivity index (χ1v) is 6.15. The standard InChI is InChI=1S/C12H22N2O/c1-9-7-11(9)12(15)14-5-3-10(4-6-14)8-13-2/h9-11,13H,3-8H2,1-2H3. The van der Waals surface area contributed by atoms with Crippen molar-refractivity contribution in [3.05, 3.63) is 0 Å². The van der Waals surface area contributed by atoms with Gasteiger partial charge in [-0.15, -0.1) is 0 Å². The van der Waals surface area contributed by atoms with Crippen LogP contribution in [0.5, 0.6) is 0 Å². The average molecular weight is 210 g/mol. The first-order valence-electron chi connectivity index (χ1n) is 6.15. The van der Waals surface area contributed by atoms with E-state index in [0.717, 1.165) is 32.0 Å². The van der Waals surface area contributed by atoms with E-state index in [2.05, 4.69) is 17.1 Å². The van der Waals surface area contributed by atoms with Crippen molar-refractivity contribution in [2.75, 3.05) is 26.7 Å². The second-order valence-electron chi connectivity index (χ2n) is 5.15. The Morgan fingerprint density at radius 3 is 2.47 bits per heavy atom. The number of rotatable bonds is 3. The summed E-state index contributed by atoms with van der Waals surface area (Å²) >= 11 is 0. The van der Waals surface area contributed by atoms with Crippen LogP contribution in [0.3, 0.4) is 0 Å². The molecular weight excluding hydrogens is 188 g/mol. The summed E-state index contributed by atoms with van der Waals surface area (Å²) in [6.07, 6.45) is 3.47. The molecule has 15 heavy (non-hydrogen) atoms. The Bertz CT molecular complexity index is 234. The predicted molar refractivity (Wildman–Crippen MR) is 60.5 cm³/mol. The highest BCUT2D eigenvalue weighted by Gasteiger charge is 2.41. The normalized spacial score (nSPS) is 31.7. The molecule has 0 bridgehead atoms. The third kappa shape index (κ3) is 2.51. The molecule has 2 rings (SSSR count). The fraction of sp³-hybridized carbons (Fsp3) is 0.917.